The van der Waals surface area contributed by atoms with Crippen molar-refractivity contribution < 1.29 is 22.8 Å². The minimum absolute atomic E-state index is 0.0115. The van der Waals surface area contributed by atoms with Gasteiger partial charge >= 0.3 is 0 Å². The van der Waals surface area contributed by atoms with E-state index in [1.54, 1.807) is 47.4 Å². The fourth-order valence-electron chi connectivity index (χ4n) is 5.82. The van der Waals surface area contributed by atoms with Crippen LogP contribution in [-0.4, -0.2) is 31.7 Å². The Hall–Kier alpha value is -4.11. The molecular formula is C31H31N3O5S. The van der Waals surface area contributed by atoms with Crippen molar-refractivity contribution in [1.29, 1.82) is 0 Å². The number of carbonyl (C=O) groups excluding carboxylic acids is 3. The fourth-order valence-corrected chi connectivity index (χ4v) is 7.24. The molecule has 2 atom stereocenters. The molecule has 8 nitrogen and oxygen atoms in total. The Kier molecular flexibility index (Phi) is 6.95. The number of para-hydroxylation sites is 3. The minimum atomic E-state index is -4.22. The normalized spacial score (nSPS) is 20.1. The van der Waals surface area contributed by atoms with Gasteiger partial charge in [0.25, 0.3) is 10.0 Å². The molecule has 0 N–H and O–H groups in total. The maximum atomic E-state index is 13.7. The third kappa shape index (κ3) is 4.86. The first-order chi connectivity index (χ1) is 18.9. The summed E-state index contributed by atoms with van der Waals surface area (Å²) in [4.78, 5) is 45.7. The third-order valence-electron chi connectivity index (χ3n) is 7.39. The molecule has 0 aromatic heterocycles. The van der Waals surface area contributed by atoms with E-state index in [2.05, 4.69) is 0 Å². The van der Waals surface area contributed by atoms with Crippen LogP contribution in [-0.2, 0) is 24.4 Å². The largest absolute Gasteiger partial charge is 0.302 e. The van der Waals surface area contributed by atoms with Gasteiger partial charge in [-0.15, -0.1) is 0 Å². The van der Waals surface area contributed by atoms with E-state index in [0.29, 0.717) is 35.5 Å². The molecule has 40 heavy (non-hydrogen) atoms. The van der Waals surface area contributed by atoms with Crippen LogP contribution in [0.3, 0.4) is 0 Å². The molecule has 1 aliphatic heterocycles. The zero-order chi connectivity index (χ0) is 28.8. The molecule has 5 rings (SSSR count). The summed E-state index contributed by atoms with van der Waals surface area (Å²) in [6, 6.07) is 20.8. The predicted octanol–water partition coefficient (Wildman–Crippen LogP) is 5.61. The summed E-state index contributed by atoms with van der Waals surface area (Å²) >= 11 is 0. The number of carbonyl (C=O) groups is 3. The lowest BCUT2D eigenvalue weighted by atomic mass is 9.68. The number of benzene rings is 3. The molecule has 3 aromatic rings. The van der Waals surface area contributed by atoms with Gasteiger partial charge in [-0.3, -0.25) is 19.4 Å². The highest BCUT2D eigenvalue weighted by molar-refractivity contribution is 7.93. The molecule has 0 spiro atoms. The van der Waals surface area contributed by atoms with Gasteiger partial charge in [0.2, 0.25) is 11.8 Å². The molecule has 2 unspecified atom stereocenters. The van der Waals surface area contributed by atoms with Crippen LogP contribution in [0.1, 0.15) is 52.1 Å². The van der Waals surface area contributed by atoms with Gasteiger partial charge in [-0.2, -0.15) is 0 Å². The first-order valence-corrected chi connectivity index (χ1v) is 14.5. The molecule has 0 radical (unpaired) electrons. The Morgan fingerprint density at radius 2 is 1.52 bits per heavy atom. The van der Waals surface area contributed by atoms with Gasteiger partial charge in [0.1, 0.15) is 5.78 Å². The van der Waals surface area contributed by atoms with Gasteiger partial charge in [0.15, 0.2) is 0 Å². The summed E-state index contributed by atoms with van der Waals surface area (Å²) in [6.07, 6.45) is 0.934. The summed E-state index contributed by atoms with van der Waals surface area (Å²) in [5, 5.41) is 0. The molecule has 1 fully saturated rings. The highest BCUT2D eigenvalue weighted by Crippen LogP contribution is 2.48. The summed E-state index contributed by atoms with van der Waals surface area (Å²) in [5.74, 6) is -1.59. The Bertz CT molecular complexity index is 1630. The van der Waals surface area contributed by atoms with Crippen molar-refractivity contribution in [3.05, 3.63) is 84.4 Å². The number of rotatable bonds is 4. The summed E-state index contributed by atoms with van der Waals surface area (Å²) < 4.78 is 27.9. The number of aliphatic imine (C=N–C) groups is 1. The lowest BCUT2D eigenvalue weighted by Gasteiger charge is -2.40. The monoisotopic (exact) mass is 557 g/mol. The van der Waals surface area contributed by atoms with E-state index in [1.165, 1.54) is 26.0 Å². The molecule has 3 aromatic carbocycles. The van der Waals surface area contributed by atoms with Crippen LogP contribution in [0.4, 0.5) is 17.1 Å². The van der Waals surface area contributed by atoms with Crippen LogP contribution in [0.15, 0.2) is 88.8 Å². The Morgan fingerprint density at radius 1 is 0.900 bits per heavy atom. The van der Waals surface area contributed by atoms with Gasteiger partial charge in [0, 0.05) is 26.0 Å². The number of hydrogen-bond donors (Lipinski definition) is 0. The number of ketones is 1. The van der Waals surface area contributed by atoms with Crippen molar-refractivity contribution in [2.24, 2.45) is 16.3 Å². The van der Waals surface area contributed by atoms with Crippen molar-refractivity contribution in [3.63, 3.8) is 0 Å². The second-order valence-corrected chi connectivity index (χ2v) is 12.9. The van der Waals surface area contributed by atoms with Crippen molar-refractivity contribution in [2.75, 3.05) is 9.21 Å². The van der Waals surface area contributed by atoms with E-state index in [-0.39, 0.29) is 27.7 Å². The van der Waals surface area contributed by atoms with Gasteiger partial charge < -0.3 is 4.90 Å². The Morgan fingerprint density at radius 3 is 2.15 bits per heavy atom. The number of fused-ring (bicyclic) bond motifs is 2. The second-order valence-electron chi connectivity index (χ2n) is 11.1. The number of anilines is 2. The van der Waals surface area contributed by atoms with Crippen LogP contribution in [0.25, 0.3) is 0 Å². The van der Waals surface area contributed by atoms with Crippen LogP contribution in [0.2, 0.25) is 0 Å². The van der Waals surface area contributed by atoms with Crippen LogP contribution < -0.4 is 9.21 Å². The maximum absolute atomic E-state index is 13.7. The number of nitrogens with zero attached hydrogens (tertiary/aromatic N) is 3. The summed E-state index contributed by atoms with van der Waals surface area (Å²) in [6.45, 7) is 6.72. The average Bonchev–Trinajstić information content (AvgIpc) is 3.02. The third-order valence-corrected chi connectivity index (χ3v) is 9.21. The second kappa shape index (κ2) is 10.1. The van der Waals surface area contributed by atoms with E-state index in [4.69, 9.17) is 4.99 Å². The summed E-state index contributed by atoms with van der Waals surface area (Å²) in [5.41, 5.74) is 2.49. The van der Waals surface area contributed by atoms with Gasteiger partial charge in [-0.25, -0.2) is 12.7 Å². The van der Waals surface area contributed by atoms with E-state index < -0.39 is 27.9 Å². The molecular weight excluding hydrogens is 526 g/mol. The molecule has 206 valence electrons. The topological polar surface area (TPSA) is 104 Å². The Balaban J connectivity index is 1.63. The molecule has 2 amide bonds. The molecule has 0 bridgehead atoms. The van der Waals surface area contributed by atoms with E-state index in [1.807, 2.05) is 38.1 Å². The van der Waals surface area contributed by atoms with E-state index >= 15 is 0 Å². The molecule has 1 saturated carbocycles. The SMILES string of the molecule is CC(=O)N1c2ccccc2N=C2CC(C)(C)CC(=O)C2C1c1ccc(S(=O)(=O)N(C(C)=O)c2ccccc2)cc1. The summed E-state index contributed by atoms with van der Waals surface area (Å²) in [7, 11) is -4.22. The quantitative estimate of drug-likeness (QED) is 0.415. The lowest BCUT2D eigenvalue weighted by molar-refractivity contribution is -0.124. The number of amides is 2. The van der Waals surface area contributed by atoms with Crippen molar-refractivity contribution >= 4 is 50.4 Å². The van der Waals surface area contributed by atoms with Crippen LogP contribution >= 0.6 is 0 Å². The lowest BCUT2D eigenvalue weighted by Crippen LogP contribution is -2.46. The molecule has 1 aliphatic carbocycles. The van der Waals surface area contributed by atoms with Gasteiger partial charge in [-0.1, -0.05) is 56.3 Å². The van der Waals surface area contributed by atoms with Crippen molar-refractivity contribution in [2.45, 2.75) is 51.5 Å². The first-order valence-electron chi connectivity index (χ1n) is 13.1. The van der Waals surface area contributed by atoms with Crippen LogP contribution in [0.5, 0.6) is 0 Å². The molecule has 9 heteroatoms. The van der Waals surface area contributed by atoms with Crippen LogP contribution in [0, 0.1) is 11.3 Å². The molecule has 1 heterocycles. The zero-order valence-corrected chi connectivity index (χ0v) is 23.7. The average molecular weight is 558 g/mol. The predicted molar refractivity (Wildman–Crippen MR) is 154 cm³/mol. The number of hydrogen-bond acceptors (Lipinski definition) is 6. The van der Waals surface area contributed by atoms with E-state index in [9.17, 15) is 22.8 Å². The number of Topliss-reactive ketones (excluding diaryl/α,β-unsaturated/α-hetero) is 1. The smallest absolute Gasteiger partial charge is 0.270 e. The minimum Gasteiger partial charge on any atom is -0.302 e. The molecule has 2 aliphatic rings. The zero-order valence-electron chi connectivity index (χ0n) is 22.9. The Labute approximate surface area is 234 Å². The highest BCUT2D eigenvalue weighted by Gasteiger charge is 2.47. The van der Waals surface area contributed by atoms with Crippen molar-refractivity contribution in [1.82, 2.24) is 0 Å². The van der Waals surface area contributed by atoms with Gasteiger partial charge in [0.05, 0.1) is 33.9 Å². The van der Waals surface area contributed by atoms with Crippen molar-refractivity contribution in [3.8, 4) is 0 Å². The first kappa shape index (κ1) is 27.5. The maximum Gasteiger partial charge on any atom is 0.270 e. The number of sulfonamides is 1. The molecule has 0 saturated heterocycles. The fraction of sp³-hybridized carbons (Fsp3) is 0.290. The highest BCUT2D eigenvalue weighted by atomic mass is 32.2. The van der Waals surface area contributed by atoms with E-state index in [0.717, 1.165) is 4.31 Å². The standard InChI is InChI=1S/C31H31N3O5S/c1-20(35)33-27-13-9-8-12-25(27)32-26-18-31(3,4)19-28(37)29(26)30(33)22-14-16-24(17-15-22)40(38,39)34(21(2)36)23-10-6-5-7-11-23/h5-17,29-30H,18-19H2,1-4H3. The van der Waals surface area contributed by atoms with Gasteiger partial charge in [-0.05, 0) is 53.8 Å².